The quantitative estimate of drug-likeness (QED) is 0.351. The molecule has 0 amide bonds. The Hall–Kier alpha value is -1.72. The smallest absolute Gasteiger partial charge is 0.121 e. The van der Waals surface area contributed by atoms with E-state index in [1.54, 1.807) is 7.11 Å². The fourth-order valence-corrected chi connectivity index (χ4v) is 1.95. The molecule has 0 aliphatic rings. The molecule has 0 aliphatic heterocycles. The summed E-state index contributed by atoms with van der Waals surface area (Å²) in [5.74, 6) is 3.55. The molecule has 1 unspecified atom stereocenters. The van der Waals surface area contributed by atoms with E-state index >= 15 is 0 Å². The first kappa shape index (κ1) is 17.3. The van der Waals surface area contributed by atoms with E-state index in [9.17, 15) is 0 Å². The lowest BCUT2D eigenvalue weighted by molar-refractivity contribution is 0.0801. The van der Waals surface area contributed by atoms with Gasteiger partial charge in [-0.25, -0.2) is 0 Å². The van der Waals surface area contributed by atoms with Crippen LogP contribution >= 0.6 is 0 Å². The molecule has 0 bridgehead atoms. The Bertz CT molecular complexity index is 440. The molecule has 2 heteroatoms. The second-order valence-electron chi connectivity index (χ2n) is 5.02. The molecule has 21 heavy (non-hydrogen) atoms. The minimum absolute atomic E-state index is 0.158. The maximum absolute atomic E-state index is 5.75. The Balaban J connectivity index is 2.28. The summed E-state index contributed by atoms with van der Waals surface area (Å²) in [5.41, 5.74) is 1.10. The molecule has 0 spiro atoms. The van der Waals surface area contributed by atoms with Crippen molar-refractivity contribution in [1.82, 2.24) is 0 Å². The van der Waals surface area contributed by atoms with Crippen LogP contribution in [0.15, 0.2) is 36.4 Å². The number of rotatable bonds is 10. The average molecular weight is 286 g/mol. The SMILES string of the molecule is C#CC(C/C=C/CCCCC)OCc1ccc(OC)cc1. The maximum atomic E-state index is 5.75. The van der Waals surface area contributed by atoms with Gasteiger partial charge in [-0.1, -0.05) is 50.0 Å². The van der Waals surface area contributed by atoms with Crippen molar-refractivity contribution in [1.29, 1.82) is 0 Å². The molecule has 0 saturated carbocycles. The molecule has 0 radical (unpaired) electrons. The van der Waals surface area contributed by atoms with Crippen molar-refractivity contribution in [3.63, 3.8) is 0 Å². The number of benzene rings is 1. The van der Waals surface area contributed by atoms with Crippen LogP contribution in [0.25, 0.3) is 0 Å². The Kier molecular flexibility index (Phi) is 9.08. The minimum Gasteiger partial charge on any atom is -0.497 e. The zero-order valence-electron chi connectivity index (χ0n) is 13.2. The van der Waals surface area contributed by atoms with Crippen LogP contribution in [0.5, 0.6) is 5.75 Å². The van der Waals surface area contributed by atoms with Gasteiger partial charge in [0.2, 0.25) is 0 Å². The van der Waals surface area contributed by atoms with E-state index in [0.29, 0.717) is 6.61 Å². The third-order valence-corrected chi connectivity index (χ3v) is 3.29. The second-order valence-corrected chi connectivity index (χ2v) is 5.02. The van der Waals surface area contributed by atoms with E-state index in [2.05, 4.69) is 25.0 Å². The number of ether oxygens (including phenoxy) is 2. The number of allylic oxidation sites excluding steroid dienone is 1. The Morgan fingerprint density at radius 3 is 2.57 bits per heavy atom. The fourth-order valence-electron chi connectivity index (χ4n) is 1.95. The summed E-state index contributed by atoms with van der Waals surface area (Å²) in [5, 5.41) is 0. The van der Waals surface area contributed by atoms with Gasteiger partial charge in [0.25, 0.3) is 0 Å². The van der Waals surface area contributed by atoms with Crippen LogP contribution in [-0.4, -0.2) is 13.2 Å². The molecular weight excluding hydrogens is 260 g/mol. The third-order valence-electron chi connectivity index (χ3n) is 3.29. The van der Waals surface area contributed by atoms with Gasteiger partial charge in [-0.05, 0) is 30.5 Å². The second kappa shape index (κ2) is 11.0. The van der Waals surface area contributed by atoms with Crippen LogP contribution in [0.2, 0.25) is 0 Å². The van der Waals surface area contributed by atoms with Crippen LogP contribution in [-0.2, 0) is 11.3 Å². The van der Waals surface area contributed by atoms with Gasteiger partial charge in [-0.3, -0.25) is 0 Å². The van der Waals surface area contributed by atoms with Crippen molar-refractivity contribution in [3.05, 3.63) is 42.0 Å². The molecule has 0 heterocycles. The van der Waals surface area contributed by atoms with Gasteiger partial charge in [0.1, 0.15) is 11.9 Å². The van der Waals surface area contributed by atoms with E-state index in [0.717, 1.165) is 24.2 Å². The lowest BCUT2D eigenvalue weighted by Gasteiger charge is -2.10. The van der Waals surface area contributed by atoms with Crippen molar-refractivity contribution in [3.8, 4) is 18.1 Å². The first-order valence-corrected chi connectivity index (χ1v) is 7.65. The van der Waals surface area contributed by atoms with Crippen molar-refractivity contribution < 1.29 is 9.47 Å². The lowest BCUT2D eigenvalue weighted by Crippen LogP contribution is -2.09. The number of terminal acetylenes is 1. The number of methoxy groups -OCH3 is 1. The highest BCUT2D eigenvalue weighted by molar-refractivity contribution is 5.26. The van der Waals surface area contributed by atoms with Gasteiger partial charge < -0.3 is 9.47 Å². The Morgan fingerprint density at radius 2 is 1.95 bits per heavy atom. The van der Waals surface area contributed by atoms with E-state index in [1.165, 1.54) is 19.3 Å². The van der Waals surface area contributed by atoms with Crippen molar-refractivity contribution in [2.75, 3.05) is 7.11 Å². The highest BCUT2D eigenvalue weighted by Crippen LogP contribution is 2.13. The van der Waals surface area contributed by atoms with E-state index in [-0.39, 0.29) is 6.10 Å². The predicted octanol–water partition coefficient (Wildman–Crippen LogP) is 4.74. The van der Waals surface area contributed by atoms with Gasteiger partial charge >= 0.3 is 0 Å². The number of hydrogen-bond donors (Lipinski definition) is 0. The molecule has 0 aliphatic carbocycles. The van der Waals surface area contributed by atoms with Gasteiger partial charge in [-0.2, -0.15) is 0 Å². The Labute approximate surface area is 129 Å². The fraction of sp³-hybridized carbons (Fsp3) is 0.474. The Morgan fingerprint density at radius 1 is 1.19 bits per heavy atom. The van der Waals surface area contributed by atoms with E-state index < -0.39 is 0 Å². The molecule has 0 saturated heterocycles. The molecule has 0 fully saturated rings. The van der Waals surface area contributed by atoms with Crippen LogP contribution in [0.1, 0.15) is 44.6 Å². The van der Waals surface area contributed by atoms with E-state index in [1.807, 2.05) is 24.3 Å². The highest BCUT2D eigenvalue weighted by atomic mass is 16.5. The lowest BCUT2D eigenvalue weighted by atomic mass is 10.1. The van der Waals surface area contributed by atoms with Crippen LogP contribution < -0.4 is 4.74 Å². The summed E-state index contributed by atoms with van der Waals surface area (Å²) >= 11 is 0. The summed E-state index contributed by atoms with van der Waals surface area (Å²) in [7, 11) is 1.66. The van der Waals surface area contributed by atoms with Gasteiger partial charge in [-0.15, -0.1) is 6.42 Å². The molecule has 0 aromatic heterocycles. The number of unbranched alkanes of at least 4 members (excludes halogenated alkanes) is 3. The van der Waals surface area contributed by atoms with Crippen molar-refractivity contribution >= 4 is 0 Å². The summed E-state index contributed by atoms with van der Waals surface area (Å²) in [6, 6.07) is 7.84. The normalized spacial score (nSPS) is 12.2. The van der Waals surface area contributed by atoms with Crippen LogP contribution in [0.4, 0.5) is 0 Å². The minimum atomic E-state index is -0.158. The first-order chi connectivity index (χ1) is 10.3. The summed E-state index contributed by atoms with van der Waals surface area (Å²) in [4.78, 5) is 0. The van der Waals surface area contributed by atoms with Gasteiger partial charge in [0.05, 0.1) is 13.7 Å². The molecule has 2 nitrogen and oxygen atoms in total. The largest absolute Gasteiger partial charge is 0.497 e. The number of hydrogen-bond acceptors (Lipinski definition) is 2. The zero-order valence-corrected chi connectivity index (χ0v) is 13.2. The molecule has 1 aromatic rings. The molecule has 114 valence electrons. The highest BCUT2D eigenvalue weighted by Gasteiger charge is 2.03. The van der Waals surface area contributed by atoms with Gasteiger partial charge in [0, 0.05) is 6.42 Å². The average Bonchev–Trinajstić information content (AvgIpc) is 2.54. The first-order valence-electron chi connectivity index (χ1n) is 7.65. The maximum Gasteiger partial charge on any atom is 0.121 e. The molecular formula is C19H26O2. The van der Waals surface area contributed by atoms with Crippen LogP contribution in [0.3, 0.4) is 0 Å². The third kappa shape index (κ3) is 7.58. The summed E-state index contributed by atoms with van der Waals surface area (Å²) in [6.45, 7) is 2.74. The van der Waals surface area contributed by atoms with Crippen LogP contribution in [0, 0.1) is 12.3 Å². The molecule has 1 aromatic carbocycles. The molecule has 0 N–H and O–H groups in total. The molecule has 1 atom stereocenters. The predicted molar refractivity (Wildman–Crippen MR) is 88.3 cm³/mol. The van der Waals surface area contributed by atoms with Crippen molar-refractivity contribution in [2.24, 2.45) is 0 Å². The summed E-state index contributed by atoms with van der Waals surface area (Å²) < 4.78 is 10.9. The zero-order chi connectivity index (χ0) is 15.3. The molecule has 1 rings (SSSR count). The van der Waals surface area contributed by atoms with E-state index in [4.69, 9.17) is 15.9 Å². The topological polar surface area (TPSA) is 18.5 Å². The van der Waals surface area contributed by atoms with Crippen molar-refractivity contribution in [2.45, 2.75) is 51.7 Å². The monoisotopic (exact) mass is 286 g/mol. The van der Waals surface area contributed by atoms with Gasteiger partial charge in [0.15, 0.2) is 0 Å². The summed E-state index contributed by atoms with van der Waals surface area (Å²) in [6.07, 6.45) is 15.4. The standard InChI is InChI=1S/C19H26O2/c1-4-6-7-8-9-10-11-18(5-2)21-16-17-12-14-19(20-3)15-13-17/h2,9-10,12-15,18H,4,6-8,11,16H2,1,3H3/b10-9+.